The second-order valence-corrected chi connectivity index (χ2v) is 6.06. The van der Waals surface area contributed by atoms with E-state index >= 15 is 0 Å². The molecule has 2 nitrogen and oxygen atoms in total. The third-order valence-electron chi connectivity index (χ3n) is 4.82. The molecule has 0 heterocycles. The molecule has 2 atom stereocenters. The molecular weight excluding hydrogens is 208 g/mol. The molecule has 0 aromatic heterocycles. The van der Waals surface area contributed by atoms with Crippen LogP contribution in [-0.2, 0) is 0 Å². The number of rotatable bonds is 2. The minimum absolute atomic E-state index is 0.215. The predicted molar refractivity (Wildman–Crippen MR) is 70.6 cm³/mol. The topological polar surface area (TPSA) is 35.8 Å². The lowest BCUT2D eigenvalue weighted by Gasteiger charge is -2.40. The van der Waals surface area contributed by atoms with E-state index in [1.165, 1.54) is 57.8 Å². The Morgan fingerprint density at radius 3 is 2.24 bits per heavy atom. The predicted octanol–water partition coefficient (Wildman–Crippen LogP) is 3.77. The summed E-state index contributed by atoms with van der Waals surface area (Å²) >= 11 is 0. The van der Waals surface area contributed by atoms with Gasteiger partial charge < -0.3 is 0 Å². The Kier molecular flexibility index (Phi) is 4.45. The summed E-state index contributed by atoms with van der Waals surface area (Å²) in [7, 11) is 0. The summed E-state index contributed by atoms with van der Waals surface area (Å²) in [4.78, 5) is 0. The highest BCUT2D eigenvalue weighted by atomic mass is 15.0. The molecule has 0 spiro atoms. The van der Waals surface area contributed by atoms with Crippen molar-refractivity contribution in [1.82, 2.24) is 5.32 Å². The summed E-state index contributed by atoms with van der Waals surface area (Å²) < 4.78 is 0. The van der Waals surface area contributed by atoms with Crippen LogP contribution in [0.4, 0.5) is 0 Å². The van der Waals surface area contributed by atoms with Gasteiger partial charge >= 0.3 is 0 Å². The molecule has 2 aliphatic rings. The monoisotopic (exact) mass is 234 g/mol. The van der Waals surface area contributed by atoms with Gasteiger partial charge in [0.15, 0.2) is 0 Å². The summed E-state index contributed by atoms with van der Waals surface area (Å²) in [5, 5.41) is 13.4. The molecule has 0 radical (unpaired) electrons. The first-order chi connectivity index (χ1) is 8.27. The molecule has 0 aromatic carbocycles. The van der Waals surface area contributed by atoms with Gasteiger partial charge in [0.1, 0.15) is 5.54 Å². The number of hydrogen-bond donors (Lipinski definition) is 1. The smallest absolute Gasteiger partial charge is 0.109 e. The maximum Gasteiger partial charge on any atom is 0.109 e. The van der Waals surface area contributed by atoms with Crippen LogP contribution in [0.1, 0.15) is 71.1 Å². The fourth-order valence-corrected chi connectivity index (χ4v) is 3.55. The van der Waals surface area contributed by atoms with E-state index in [4.69, 9.17) is 0 Å². The molecule has 0 bridgehead atoms. The standard InChI is InChI=1S/C15H26N2/c1-13-8-6-7-11-15(13,12-16)17-14-9-4-2-3-5-10-14/h13-14,17H,2-11H2,1H3. The van der Waals surface area contributed by atoms with Crippen LogP contribution in [0.5, 0.6) is 0 Å². The second-order valence-electron chi connectivity index (χ2n) is 6.06. The molecule has 0 aromatic rings. The first-order valence-electron chi connectivity index (χ1n) is 7.46. The van der Waals surface area contributed by atoms with E-state index in [-0.39, 0.29) is 5.54 Å². The Balaban J connectivity index is 2.00. The zero-order valence-electron chi connectivity index (χ0n) is 11.2. The lowest BCUT2D eigenvalue weighted by atomic mass is 9.74. The quantitative estimate of drug-likeness (QED) is 0.738. The Labute approximate surface area is 106 Å². The van der Waals surface area contributed by atoms with Gasteiger partial charge in [0.05, 0.1) is 6.07 Å². The van der Waals surface area contributed by atoms with Crippen LogP contribution in [0, 0.1) is 17.2 Å². The molecular formula is C15H26N2. The Bertz CT molecular complexity index is 273. The fourth-order valence-electron chi connectivity index (χ4n) is 3.55. The minimum Gasteiger partial charge on any atom is -0.296 e. The van der Waals surface area contributed by atoms with Gasteiger partial charge in [-0.3, -0.25) is 5.32 Å². The fraction of sp³-hybridized carbons (Fsp3) is 0.933. The normalized spacial score (nSPS) is 36.1. The van der Waals surface area contributed by atoms with E-state index in [2.05, 4.69) is 18.3 Å². The molecule has 2 aliphatic carbocycles. The molecule has 2 saturated carbocycles. The second kappa shape index (κ2) is 5.87. The summed E-state index contributed by atoms with van der Waals surface area (Å²) in [5.74, 6) is 0.518. The molecule has 0 saturated heterocycles. The number of nitrogens with zero attached hydrogens (tertiary/aromatic N) is 1. The zero-order chi connectivity index (χ0) is 12.1. The van der Waals surface area contributed by atoms with Gasteiger partial charge in [-0.1, -0.05) is 45.4 Å². The average Bonchev–Trinajstić information content (AvgIpc) is 2.61. The highest BCUT2D eigenvalue weighted by Gasteiger charge is 2.39. The average molecular weight is 234 g/mol. The molecule has 0 aliphatic heterocycles. The van der Waals surface area contributed by atoms with Gasteiger partial charge in [0, 0.05) is 6.04 Å². The number of hydrogen-bond acceptors (Lipinski definition) is 2. The largest absolute Gasteiger partial charge is 0.296 e. The maximum atomic E-state index is 9.60. The highest BCUT2D eigenvalue weighted by Crippen LogP contribution is 2.34. The van der Waals surface area contributed by atoms with Crippen molar-refractivity contribution in [1.29, 1.82) is 5.26 Å². The van der Waals surface area contributed by atoms with Crippen molar-refractivity contribution < 1.29 is 0 Å². The summed E-state index contributed by atoms with van der Waals surface area (Å²) in [6, 6.07) is 3.22. The van der Waals surface area contributed by atoms with Crippen LogP contribution < -0.4 is 5.32 Å². The van der Waals surface area contributed by atoms with E-state index in [0.29, 0.717) is 12.0 Å². The highest BCUT2D eigenvalue weighted by molar-refractivity contribution is 5.12. The van der Waals surface area contributed by atoms with Crippen molar-refractivity contribution in [2.24, 2.45) is 5.92 Å². The van der Waals surface area contributed by atoms with Crippen molar-refractivity contribution in [3.05, 3.63) is 0 Å². The van der Waals surface area contributed by atoms with Gasteiger partial charge in [-0.2, -0.15) is 5.26 Å². The van der Waals surface area contributed by atoms with E-state index in [1.54, 1.807) is 0 Å². The molecule has 0 amide bonds. The third-order valence-corrected chi connectivity index (χ3v) is 4.82. The van der Waals surface area contributed by atoms with Crippen LogP contribution in [0.2, 0.25) is 0 Å². The maximum absolute atomic E-state index is 9.60. The minimum atomic E-state index is -0.215. The van der Waals surface area contributed by atoms with Gasteiger partial charge in [-0.25, -0.2) is 0 Å². The molecule has 2 fully saturated rings. The van der Waals surface area contributed by atoms with Crippen LogP contribution >= 0.6 is 0 Å². The first-order valence-corrected chi connectivity index (χ1v) is 7.46. The van der Waals surface area contributed by atoms with Gasteiger partial charge in [0.2, 0.25) is 0 Å². The molecule has 1 N–H and O–H groups in total. The molecule has 17 heavy (non-hydrogen) atoms. The first kappa shape index (κ1) is 12.9. The van der Waals surface area contributed by atoms with Gasteiger partial charge in [-0.05, 0) is 31.6 Å². The summed E-state index contributed by atoms with van der Waals surface area (Å²) in [6.45, 7) is 2.26. The number of nitrogens with one attached hydrogen (secondary N) is 1. The summed E-state index contributed by atoms with van der Waals surface area (Å²) in [6.07, 6.45) is 12.8. The Hall–Kier alpha value is -0.550. The van der Waals surface area contributed by atoms with Gasteiger partial charge in [-0.15, -0.1) is 0 Å². The third kappa shape index (κ3) is 3.01. The van der Waals surface area contributed by atoms with Crippen molar-refractivity contribution in [3.8, 4) is 6.07 Å². The number of nitriles is 1. The van der Waals surface area contributed by atoms with Crippen molar-refractivity contribution in [2.75, 3.05) is 0 Å². The van der Waals surface area contributed by atoms with Crippen molar-refractivity contribution in [3.63, 3.8) is 0 Å². The van der Waals surface area contributed by atoms with E-state index < -0.39 is 0 Å². The van der Waals surface area contributed by atoms with Crippen LogP contribution in [0.15, 0.2) is 0 Å². The van der Waals surface area contributed by atoms with Gasteiger partial charge in [0.25, 0.3) is 0 Å². The molecule has 2 unspecified atom stereocenters. The van der Waals surface area contributed by atoms with Crippen molar-refractivity contribution >= 4 is 0 Å². The Morgan fingerprint density at radius 2 is 1.65 bits per heavy atom. The lowest BCUT2D eigenvalue weighted by molar-refractivity contribution is 0.186. The summed E-state index contributed by atoms with van der Waals surface area (Å²) in [5.41, 5.74) is -0.215. The van der Waals surface area contributed by atoms with Crippen LogP contribution in [-0.4, -0.2) is 11.6 Å². The van der Waals surface area contributed by atoms with E-state index in [1.807, 2.05) is 0 Å². The van der Waals surface area contributed by atoms with Crippen LogP contribution in [0.3, 0.4) is 0 Å². The van der Waals surface area contributed by atoms with E-state index in [0.717, 1.165) is 6.42 Å². The zero-order valence-corrected chi connectivity index (χ0v) is 11.2. The van der Waals surface area contributed by atoms with Crippen molar-refractivity contribution in [2.45, 2.75) is 82.7 Å². The SMILES string of the molecule is CC1CCCCC1(C#N)NC1CCCCCC1. The molecule has 2 heteroatoms. The Morgan fingerprint density at radius 1 is 1.00 bits per heavy atom. The molecule has 2 rings (SSSR count). The van der Waals surface area contributed by atoms with Crippen LogP contribution in [0.25, 0.3) is 0 Å². The lowest BCUT2D eigenvalue weighted by Crippen LogP contribution is -2.54. The molecule has 96 valence electrons. The van der Waals surface area contributed by atoms with E-state index in [9.17, 15) is 5.26 Å².